The molecule has 1 aromatic carbocycles. The number of para-hydroxylation sites is 1. The third-order valence-corrected chi connectivity index (χ3v) is 4.35. The summed E-state index contributed by atoms with van der Waals surface area (Å²) in [5.41, 5.74) is 1.54. The summed E-state index contributed by atoms with van der Waals surface area (Å²) < 4.78 is 1.87. The van der Waals surface area contributed by atoms with E-state index in [1.54, 1.807) is 6.20 Å². The van der Waals surface area contributed by atoms with Gasteiger partial charge in [-0.2, -0.15) is 10.4 Å². The molecule has 0 aliphatic carbocycles. The second kappa shape index (κ2) is 5.56. The van der Waals surface area contributed by atoms with Crippen LogP contribution in [0.1, 0.15) is 5.56 Å². The highest BCUT2D eigenvalue weighted by Crippen LogP contribution is 2.28. The monoisotopic (exact) mass is 323 g/mol. The van der Waals surface area contributed by atoms with Crippen molar-refractivity contribution in [1.82, 2.24) is 14.8 Å². The summed E-state index contributed by atoms with van der Waals surface area (Å²) in [5, 5.41) is 15.1. The molecule has 1 aliphatic heterocycles. The molecule has 23 heavy (non-hydrogen) atoms. The molecule has 1 aliphatic rings. The van der Waals surface area contributed by atoms with Gasteiger partial charge in [-0.25, -0.2) is 4.98 Å². The predicted octanol–water partition coefficient (Wildman–Crippen LogP) is 3.09. The number of pyridine rings is 1. The van der Waals surface area contributed by atoms with Crippen LogP contribution < -0.4 is 4.90 Å². The highest BCUT2D eigenvalue weighted by molar-refractivity contribution is 6.30. The minimum absolute atomic E-state index is 0.518. The first-order valence-electron chi connectivity index (χ1n) is 7.46. The van der Waals surface area contributed by atoms with E-state index in [4.69, 9.17) is 11.6 Å². The van der Waals surface area contributed by atoms with E-state index in [-0.39, 0.29) is 0 Å². The summed E-state index contributed by atoms with van der Waals surface area (Å²) in [7, 11) is 0. The van der Waals surface area contributed by atoms with Crippen molar-refractivity contribution in [2.45, 2.75) is 6.54 Å². The topological polar surface area (TPSA) is 57.7 Å². The van der Waals surface area contributed by atoms with Crippen LogP contribution in [0.2, 0.25) is 5.02 Å². The summed E-state index contributed by atoms with van der Waals surface area (Å²) in [6.45, 7) is 2.67. The Labute approximate surface area is 138 Å². The van der Waals surface area contributed by atoms with Gasteiger partial charge in [-0.3, -0.25) is 4.68 Å². The van der Waals surface area contributed by atoms with E-state index < -0.39 is 0 Å². The Balaban J connectivity index is 1.52. The van der Waals surface area contributed by atoms with Gasteiger partial charge in [-0.05, 0) is 12.1 Å². The van der Waals surface area contributed by atoms with Crippen molar-refractivity contribution < 1.29 is 0 Å². The normalized spacial score (nSPS) is 14.7. The molecule has 3 aromatic rings. The Bertz CT molecular complexity index is 905. The highest BCUT2D eigenvalue weighted by atomic mass is 35.5. The predicted molar refractivity (Wildman–Crippen MR) is 89.4 cm³/mol. The lowest BCUT2D eigenvalue weighted by molar-refractivity contribution is 0.340. The highest BCUT2D eigenvalue weighted by Gasteiger charge is 2.28. The van der Waals surface area contributed by atoms with Gasteiger partial charge in [0.05, 0.1) is 28.4 Å². The molecule has 2 aromatic heterocycles. The molecule has 0 bridgehead atoms. The van der Waals surface area contributed by atoms with E-state index in [9.17, 15) is 5.26 Å². The first kappa shape index (κ1) is 14.0. The SMILES string of the molecule is N#Cc1cc(N2CC(Cn3cc(Cl)cn3)C2)nc2ccccc12. The van der Waals surface area contributed by atoms with Gasteiger partial charge in [0.15, 0.2) is 0 Å². The van der Waals surface area contributed by atoms with E-state index in [0.29, 0.717) is 16.5 Å². The number of benzene rings is 1. The third kappa shape index (κ3) is 2.62. The van der Waals surface area contributed by atoms with E-state index in [1.807, 2.05) is 41.2 Å². The number of rotatable bonds is 3. The van der Waals surface area contributed by atoms with E-state index in [1.165, 1.54) is 0 Å². The average molecular weight is 324 g/mol. The van der Waals surface area contributed by atoms with Crippen molar-refractivity contribution >= 4 is 28.3 Å². The van der Waals surface area contributed by atoms with Crippen LogP contribution in [0.15, 0.2) is 42.7 Å². The summed E-state index contributed by atoms with van der Waals surface area (Å²) in [6, 6.07) is 11.9. The molecule has 5 nitrogen and oxygen atoms in total. The van der Waals surface area contributed by atoms with Crippen molar-refractivity contribution in [3.8, 4) is 6.07 Å². The van der Waals surface area contributed by atoms with Crippen LogP contribution in [0, 0.1) is 17.2 Å². The van der Waals surface area contributed by atoms with Gasteiger partial charge in [0, 0.05) is 37.1 Å². The van der Waals surface area contributed by atoms with Crippen molar-refractivity contribution in [3.05, 3.63) is 53.3 Å². The largest absolute Gasteiger partial charge is 0.356 e. The van der Waals surface area contributed by atoms with Gasteiger partial charge >= 0.3 is 0 Å². The fourth-order valence-electron chi connectivity index (χ4n) is 2.99. The molecule has 0 saturated carbocycles. The summed E-state index contributed by atoms with van der Waals surface area (Å²) >= 11 is 5.88. The number of hydrogen-bond donors (Lipinski definition) is 0. The van der Waals surface area contributed by atoms with Gasteiger partial charge in [0.25, 0.3) is 0 Å². The minimum atomic E-state index is 0.518. The maximum absolute atomic E-state index is 9.36. The summed E-state index contributed by atoms with van der Waals surface area (Å²) in [6.07, 6.45) is 3.49. The van der Waals surface area contributed by atoms with Gasteiger partial charge in [-0.15, -0.1) is 0 Å². The van der Waals surface area contributed by atoms with Crippen molar-refractivity contribution in [3.63, 3.8) is 0 Å². The maximum Gasteiger partial charge on any atom is 0.130 e. The number of nitriles is 1. The number of halogens is 1. The molecule has 0 unspecified atom stereocenters. The zero-order valence-corrected chi connectivity index (χ0v) is 13.1. The molecule has 3 heterocycles. The van der Waals surface area contributed by atoms with Gasteiger partial charge in [0.1, 0.15) is 5.82 Å². The fraction of sp³-hybridized carbons (Fsp3) is 0.235. The second-order valence-corrected chi connectivity index (χ2v) is 6.25. The molecule has 6 heteroatoms. The number of hydrogen-bond acceptors (Lipinski definition) is 4. The van der Waals surface area contributed by atoms with Crippen LogP contribution in [-0.2, 0) is 6.54 Å². The fourth-order valence-corrected chi connectivity index (χ4v) is 3.15. The Morgan fingerprint density at radius 2 is 2.13 bits per heavy atom. The standard InChI is InChI=1S/C17H14ClN5/c18-14-7-20-23(11-14)10-12-8-22(9-12)17-5-13(6-19)15-3-1-2-4-16(15)21-17/h1-5,7,11-12H,8-10H2. The first-order valence-corrected chi connectivity index (χ1v) is 7.83. The van der Waals surface area contributed by atoms with Crippen LogP contribution in [-0.4, -0.2) is 27.9 Å². The minimum Gasteiger partial charge on any atom is -0.356 e. The van der Waals surface area contributed by atoms with Crippen molar-refractivity contribution in [1.29, 1.82) is 5.26 Å². The maximum atomic E-state index is 9.36. The lowest BCUT2D eigenvalue weighted by atomic mass is 9.99. The van der Waals surface area contributed by atoms with Crippen molar-refractivity contribution in [2.24, 2.45) is 5.92 Å². The quantitative estimate of drug-likeness (QED) is 0.743. The third-order valence-electron chi connectivity index (χ3n) is 4.15. The molecule has 1 fully saturated rings. The van der Waals surface area contributed by atoms with E-state index in [2.05, 4.69) is 21.1 Å². The molecule has 0 amide bonds. The molecule has 114 valence electrons. The molecule has 0 atom stereocenters. The molecule has 0 N–H and O–H groups in total. The van der Waals surface area contributed by atoms with Crippen LogP contribution >= 0.6 is 11.6 Å². The van der Waals surface area contributed by atoms with E-state index >= 15 is 0 Å². The average Bonchev–Trinajstić information content (AvgIpc) is 2.94. The Morgan fingerprint density at radius 3 is 2.87 bits per heavy atom. The Hall–Kier alpha value is -2.58. The first-order chi connectivity index (χ1) is 11.2. The number of fused-ring (bicyclic) bond motifs is 1. The summed E-state index contributed by atoms with van der Waals surface area (Å²) in [4.78, 5) is 6.88. The second-order valence-electron chi connectivity index (χ2n) is 5.81. The molecule has 4 rings (SSSR count). The van der Waals surface area contributed by atoms with Crippen LogP contribution in [0.25, 0.3) is 10.9 Å². The van der Waals surface area contributed by atoms with Gasteiger partial charge in [-0.1, -0.05) is 29.8 Å². The zero-order valence-electron chi connectivity index (χ0n) is 12.4. The summed E-state index contributed by atoms with van der Waals surface area (Å²) in [5.74, 6) is 1.39. The van der Waals surface area contributed by atoms with Gasteiger partial charge < -0.3 is 4.90 Å². The molecule has 1 saturated heterocycles. The van der Waals surface area contributed by atoms with Gasteiger partial charge in [0.2, 0.25) is 0 Å². The Kier molecular flexibility index (Phi) is 3.40. The Morgan fingerprint density at radius 1 is 1.30 bits per heavy atom. The van der Waals surface area contributed by atoms with Crippen molar-refractivity contribution in [2.75, 3.05) is 18.0 Å². The molecular weight excluding hydrogens is 310 g/mol. The van der Waals surface area contributed by atoms with Crippen LogP contribution in [0.3, 0.4) is 0 Å². The van der Waals surface area contributed by atoms with Crippen LogP contribution in [0.5, 0.6) is 0 Å². The lowest BCUT2D eigenvalue weighted by Gasteiger charge is -2.40. The number of aromatic nitrogens is 3. The lowest BCUT2D eigenvalue weighted by Crippen LogP contribution is -2.49. The molecule has 0 spiro atoms. The zero-order chi connectivity index (χ0) is 15.8. The molecule has 0 radical (unpaired) electrons. The number of nitrogens with zero attached hydrogens (tertiary/aromatic N) is 5. The smallest absolute Gasteiger partial charge is 0.130 e. The van der Waals surface area contributed by atoms with E-state index in [0.717, 1.165) is 36.4 Å². The molecular formula is C17H14ClN5. The number of anilines is 1. The van der Waals surface area contributed by atoms with Crippen LogP contribution in [0.4, 0.5) is 5.82 Å².